The van der Waals surface area contributed by atoms with E-state index < -0.39 is 11.6 Å². The van der Waals surface area contributed by atoms with Crippen molar-refractivity contribution in [1.82, 2.24) is 9.80 Å². The summed E-state index contributed by atoms with van der Waals surface area (Å²) in [5.41, 5.74) is 0.329. The average molecular weight is 381 g/mol. The zero-order chi connectivity index (χ0) is 18.5. The van der Waals surface area contributed by atoms with Crippen LogP contribution < -0.4 is 4.74 Å². The van der Waals surface area contributed by atoms with Gasteiger partial charge < -0.3 is 9.64 Å². The van der Waals surface area contributed by atoms with E-state index in [0.29, 0.717) is 49.1 Å². The number of benzene rings is 2. The van der Waals surface area contributed by atoms with Crippen molar-refractivity contribution in [3.8, 4) is 5.75 Å². The summed E-state index contributed by atoms with van der Waals surface area (Å²) in [6.07, 6.45) is 0. The zero-order valence-corrected chi connectivity index (χ0v) is 14.9. The Bertz CT molecular complexity index is 763. The largest absolute Gasteiger partial charge is 0.484 e. The molecule has 4 nitrogen and oxygen atoms in total. The lowest BCUT2D eigenvalue weighted by molar-refractivity contribution is -0.135. The minimum absolute atomic E-state index is 0.0415. The van der Waals surface area contributed by atoms with Gasteiger partial charge in [-0.3, -0.25) is 9.69 Å². The van der Waals surface area contributed by atoms with Gasteiger partial charge in [-0.25, -0.2) is 8.78 Å². The van der Waals surface area contributed by atoms with Crippen molar-refractivity contribution in [3.63, 3.8) is 0 Å². The van der Waals surface area contributed by atoms with Crippen molar-refractivity contribution in [1.29, 1.82) is 0 Å². The fraction of sp³-hybridized carbons (Fsp3) is 0.316. The Morgan fingerprint density at radius 3 is 2.42 bits per heavy atom. The minimum atomic E-state index is -0.837. The van der Waals surface area contributed by atoms with E-state index in [1.165, 1.54) is 6.07 Å². The smallest absolute Gasteiger partial charge is 0.260 e. The number of nitrogens with zero attached hydrogens (tertiary/aromatic N) is 2. The number of carbonyl (C=O) groups is 1. The van der Waals surface area contributed by atoms with Crippen LogP contribution in [0, 0.1) is 11.6 Å². The molecule has 1 aliphatic heterocycles. The molecule has 0 bridgehead atoms. The van der Waals surface area contributed by atoms with Gasteiger partial charge in [-0.2, -0.15) is 0 Å². The van der Waals surface area contributed by atoms with Crippen molar-refractivity contribution >= 4 is 17.5 Å². The predicted molar refractivity (Wildman–Crippen MR) is 95.2 cm³/mol. The van der Waals surface area contributed by atoms with Gasteiger partial charge in [0, 0.05) is 43.3 Å². The van der Waals surface area contributed by atoms with E-state index >= 15 is 0 Å². The lowest BCUT2D eigenvalue weighted by atomic mass is 10.1. The topological polar surface area (TPSA) is 32.8 Å². The van der Waals surface area contributed by atoms with Crippen LogP contribution in [0.2, 0.25) is 5.02 Å². The number of hydrogen-bond acceptors (Lipinski definition) is 3. The number of halogens is 3. The fourth-order valence-electron chi connectivity index (χ4n) is 2.83. The molecule has 2 aromatic rings. The van der Waals surface area contributed by atoms with E-state index in [2.05, 4.69) is 0 Å². The first kappa shape index (κ1) is 18.6. The predicted octanol–water partition coefficient (Wildman–Crippen LogP) is 3.34. The Balaban J connectivity index is 1.46. The number of hydrogen-bond donors (Lipinski definition) is 0. The maximum Gasteiger partial charge on any atom is 0.260 e. The molecule has 0 spiro atoms. The Labute approximate surface area is 155 Å². The van der Waals surface area contributed by atoms with Crippen LogP contribution in [-0.4, -0.2) is 48.5 Å². The molecule has 26 heavy (non-hydrogen) atoms. The summed E-state index contributed by atoms with van der Waals surface area (Å²) >= 11 is 5.81. The quantitative estimate of drug-likeness (QED) is 0.797. The Kier molecular flexibility index (Phi) is 6.06. The first-order chi connectivity index (χ1) is 12.5. The molecule has 0 aliphatic carbocycles. The molecule has 2 aromatic carbocycles. The van der Waals surface area contributed by atoms with Gasteiger partial charge in [0.05, 0.1) is 0 Å². The molecule has 0 radical (unpaired) electrons. The second-order valence-electron chi connectivity index (χ2n) is 6.11. The van der Waals surface area contributed by atoms with Crippen molar-refractivity contribution in [2.45, 2.75) is 6.54 Å². The zero-order valence-electron chi connectivity index (χ0n) is 14.1. The third-order valence-electron chi connectivity index (χ3n) is 4.33. The van der Waals surface area contributed by atoms with Gasteiger partial charge in [0.1, 0.15) is 5.75 Å². The second kappa shape index (κ2) is 8.47. The molecule has 3 rings (SSSR count). The highest BCUT2D eigenvalue weighted by Gasteiger charge is 2.22. The third kappa shape index (κ3) is 4.71. The number of piperazine rings is 1. The monoisotopic (exact) mass is 380 g/mol. The molecule has 0 saturated carbocycles. The first-order valence-corrected chi connectivity index (χ1v) is 8.72. The second-order valence-corrected chi connectivity index (χ2v) is 6.55. The van der Waals surface area contributed by atoms with Crippen LogP contribution in [0.5, 0.6) is 5.75 Å². The number of amides is 1. The molecule has 138 valence electrons. The standard InChI is InChI=1S/C19H19ClF2N2O2/c20-15-4-6-16(7-5-15)26-13-18(25)24-10-8-23(9-11-24)12-14-2-1-3-17(21)19(14)22/h1-7H,8-13H2. The summed E-state index contributed by atoms with van der Waals surface area (Å²) in [5.74, 6) is -1.16. The highest BCUT2D eigenvalue weighted by Crippen LogP contribution is 2.17. The van der Waals surface area contributed by atoms with E-state index in [0.717, 1.165) is 6.07 Å². The maximum absolute atomic E-state index is 13.8. The summed E-state index contributed by atoms with van der Waals surface area (Å²) in [6.45, 7) is 2.54. The molecule has 1 aliphatic rings. The van der Waals surface area contributed by atoms with Gasteiger partial charge in [0.25, 0.3) is 5.91 Å². The fourth-order valence-corrected chi connectivity index (χ4v) is 2.96. The SMILES string of the molecule is O=C(COc1ccc(Cl)cc1)N1CCN(Cc2cccc(F)c2F)CC1. The van der Waals surface area contributed by atoms with Crippen LogP contribution in [0.1, 0.15) is 5.56 Å². The number of rotatable bonds is 5. The van der Waals surface area contributed by atoms with Gasteiger partial charge in [-0.1, -0.05) is 23.7 Å². The van der Waals surface area contributed by atoms with Crippen molar-refractivity contribution in [2.75, 3.05) is 32.8 Å². The molecular formula is C19H19ClF2N2O2. The number of ether oxygens (including phenoxy) is 1. The molecule has 0 atom stereocenters. The van der Waals surface area contributed by atoms with Crippen LogP contribution in [0.3, 0.4) is 0 Å². The van der Waals surface area contributed by atoms with Crippen molar-refractivity contribution in [3.05, 3.63) is 64.7 Å². The van der Waals surface area contributed by atoms with E-state index in [4.69, 9.17) is 16.3 Å². The summed E-state index contributed by atoms with van der Waals surface area (Å²) in [6, 6.07) is 11.0. The molecule has 1 saturated heterocycles. The Hall–Kier alpha value is -2.18. The molecule has 1 heterocycles. The molecule has 0 unspecified atom stereocenters. The highest BCUT2D eigenvalue weighted by atomic mass is 35.5. The first-order valence-electron chi connectivity index (χ1n) is 8.34. The third-order valence-corrected chi connectivity index (χ3v) is 4.58. The summed E-state index contributed by atoms with van der Waals surface area (Å²) < 4.78 is 32.5. The Morgan fingerprint density at radius 2 is 1.73 bits per heavy atom. The van der Waals surface area contributed by atoms with Gasteiger partial charge in [0.2, 0.25) is 0 Å². The van der Waals surface area contributed by atoms with Gasteiger partial charge in [-0.05, 0) is 30.3 Å². The average Bonchev–Trinajstić information content (AvgIpc) is 2.65. The van der Waals surface area contributed by atoms with Gasteiger partial charge >= 0.3 is 0 Å². The van der Waals surface area contributed by atoms with Crippen LogP contribution in [0.15, 0.2) is 42.5 Å². The molecule has 7 heteroatoms. The van der Waals surface area contributed by atoms with Crippen LogP contribution >= 0.6 is 11.6 Å². The summed E-state index contributed by atoms with van der Waals surface area (Å²) in [4.78, 5) is 16.0. The molecular weight excluding hydrogens is 362 g/mol. The van der Waals surface area contributed by atoms with Crippen LogP contribution in [0.4, 0.5) is 8.78 Å². The van der Waals surface area contributed by atoms with E-state index in [1.54, 1.807) is 35.2 Å². The lowest BCUT2D eigenvalue weighted by Crippen LogP contribution is -2.49. The van der Waals surface area contributed by atoms with E-state index in [-0.39, 0.29) is 12.5 Å². The van der Waals surface area contributed by atoms with E-state index in [9.17, 15) is 13.6 Å². The Morgan fingerprint density at radius 1 is 1.04 bits per heavy atom. The van der Waals surface area contributed by atoms with E-state index in [1.807, 2.05) is 4.90 Å². The van der Waals surface area contributed by atoms with Crippen molar-refractivity contribution in [2.24, 2.45) is 0 Å². The van der Waals surface area contributed by atoms with Crippen LogP contribution in [0.25, 0.3) is 0 Å². The lowest BCUT2D eigenvalue weighted by Gasteiger charge is -2.34. The summed E-state index contributed by atoms with van der Waals surface area (Å²) in [7, 11) is 0. The number of carbonyl (C=O) groups excluding carboxylic acids is 1. The van der Waals surface area contributed by atoms with Crippen molar-refractivity contribution < 1.29 is 18.3 Å². The maximum atomic E-state index is 13.8. The molecule has 0 aromatic heterocycles. The highest BCUT2D eigenvalue weighted by molar-refractivity contribution is 6.30. The normalized spacial score (nSPS) is 15.1. The minimum Gasteiger partial charge on any atom is -0.484 e. The molecule has 1 amide bonds. The molecule has 1 fully saturated rings. The van der Waals surface area contributed by atoms with Gasteiger partial charge in [-0.15, -0.1) is 0 Å². The van der Waals surface area contributed by atoms with Crippen LogP contribution in [-0.2, 0) is 11.3 Å². The summed E-state index contributed by atoms with van der Waals surface area (Å²) in [5, 5.41) is 0.606. The molecule has 0 N–H and O–H groups in total. The van der Waals surface area contributed by atoms with Gasteiger partial charge in [0.15, 0.2) is 18.2 Å².